The molecule has 1 atom stereocenters. The lowest BCUT2D eigenvalue weighted by atomic mass is 10.1. The Morgan fingerprint density at radius 1 is 1.29 bits per heavy atom. The Kier molecular flexibility index (Phi) is 6.29. The molecule has 0 spiro atoms. The average Bonchev–Trinajstić information content (AvgIpc) is 3.17. The van der Waals surface area contributed by atoms with Gasteiger partial charge in [-0.15, -0.1) is 0 Å². The second-order valence-electron chi connectivity index (χ2n) is 8.59. The molecule has 2 N–H and O–H groups in total. The molecule has 0 aliphatic carbocycles. The number of anilines is 2. The fraction of sp³-hybridized carbons (Fsp3) is 0.478. The maximum Gasteiger partial charge on any atom is 0.262 e. The number of hydrogen-bond acceptors (Lipinski definition) is 8. The van der Waals surface area contributed by atoms with Crippen molar-refractivity contribution in [1.29, 1.82) is 0 Å². The van der Waals surface area contributed by atoms with E-state index < -0.39 is 11.7 Å². The summed E-state index contributed by atoms with van der Waals surface area (Å²) in [5.74, 6) is -0.317. The molecule has 2 fully saturated rings. The molecule has 34 heavy (non-hydrogen) atoms. The maximum absolute atomic E-state index is 14.4. The Labute approximate surface area is 196 Å². The van der Waals surface area contributed by atoms with Gasteiger partial charge in [-0.1, -0.05) is 0 Å². The van der Waals surface area contributed by atoms with Gasteiger partial charge in [-0.25, -0.2) is 14.4 Å². The number of halogens is 1. The fourth-order valence-corrected chi connectivity index (χ4v) is 4.22. The first-order chi connectivity index (χ1) is 16.5. The van der Waals surface area contributed by atoms with Gasteiger partial charge in [0.25, 0.3) is 5.91 Å². The second kappa shape index (κ2) is 9.51. The van der Waals surface area contributed by atoms with E-state index in [9.17, 15) is 9.18 Å². The van der Waals surface area contributed by atoms with Crippen LogP contribution < -0.4 is 20.3 Å². The highest BCUT2D eigenvalue weighted by molar-refractivity contribution is 6.05. The first kappa shape index (κ1) is 22.5. The summed E-state index contributed by atoms with van der Waals surface area (Å²) in [5.41, 5.74) is 1.36. The Hall–Kier alpha value is -3.31. The lowest BCUT2D eigenvalue weighted by molar-refractivity contribution is -0.0420. The van der Waals surface area contributed by atoms with E-state index in [1.54, 1.807) is 19.3 Å². The van der Waals surface area contributed by atoms with Crippen molar-refractivity contribution in [2.75, 3.05) is 43.0 Å². The van der Waals surface area contributed by atoms with Gasteiger partial charge in [-0.2, -0.15) is 4.98 Å². The number of hydrogen-bond donors (Lipinski definition) is 2. The van der Waals surface area contributed by atoms with Crippen molar-refractivity contribution in [3.05, 3.63) is 41.7 Å². The summed E-state index contributed by atoms with van der Waals surface area (Å²) in [6, 6.07) is 1.24. The molecular formula is C23H28FN7O3. The summed E-state index contributed by atoms with van der Waals surface area (Å²) in [7, 11) is 0. The smallest absolute Gasteiger partial charge is 0.262 e. The number of amides is 1. The topological polar surface area (TPSA) is 106 Å². The third kappa shape index (κ3) is 4.66. The highest BCUT2D eigenvalue weighted by Gasteiger charge is 2.28. The van der Waals surface area contributed by atoms with E-state index in [-0.39, 0.29) is 29.3 Å². The zero-order chi connectivity index (χ0) is 23.7. The molecule has 0 saturated carbocycles. The van der Waals surface area contributed by atoms with E-state index in [1.807, 2.05) is 6.92 Å². The molecule has 3 aromatic heterocycles. The van der Waals surface area contributed by atoms with Gasteiger partial charge in [0.1, 0.15) is 5.56 Å². The van der Waals surface area contributed by atoms with E-state index in [0.717, 1.165) is 32.5 Å². The SMILES string of the molecule is CCOc1nc(N2CCCC(OC3CNC3)C2)ncc1C(=O)Nc1cc(F)c2nc(C)cn2c1. The summed E-state index contributed by atoms with van der Waals surface area (Å²) < 4.78 is 27.8. The molecule has 5 rings (SSSR count). The summed E-state index contributed by atoms with van der Waals surface area (Å²) in [6.07, 6.45) is 7.13. The Morgan fingerprint density at radius 2 is 2.15 bits per heavy atom. The molecule has 0 aromatic carbocycles. The number of imidazole rings is 1. The number of piperidine rings is 1. The number of carbonyl (C=O) groups is 1. The van der Waals surface area contributed by atoms with Gasteiger partial charge < -0.3 is 29.4 Å². The van der Waals surface area contributed by atoms with Crippen LogP contribution in [0.3, 0.4) is 0 Å². The maximum atomic E-state index is 14.4. The molecule has 1 amide bonds. The van der Waals surface area contributed by atoms with Crippen LogP contribution in [0.25, 0.3) is 5.65 Å². The molecule has 0 bridgehead atoms. The van der Waals surface area contributed by atoms with Gasteiger partial charge in [0.2, 0.25) is 11.8 Å². The van der Waals surface area contributed by atoms with Crippen LogP contribution in [0.1, 0.15) is 35.8 Å². The normalized spacial score (nSPS) is 18.7. The van der Waals surface area contributed by atoms with Crippen LogP contribution in [0.15, 0.2) is 24.7 Å². The van der Waals surface area contributed by atoms with Crippen LogP contribution in [-0.4, -0.2) is 70.3 Å². The average molecular weight is 470 g/mol. The monoisotopic (exact) mass is 469 g/mol. The summed E-state index contributed by atoms with van der Waals surface area (Å²) in [5, 5.41) is 5.93. The van der Waals surface area contributed by atoms with Crippen molar-refractivity contribution in [3.63, 3.8) is 0 Å². The van der Waals surface area contributed by atoms with Crippen molar-refractivity contribution in [1.82, 2.24) is 24.7 Å². The van der Waals surface area contributed by atoms with Crippen molar-refractivity contribution in [2.24, 2.45) is 0 Å². The van der Waals surface area contributed by atoms with Crippen LogP contribution in [-0.2, 0) is 4.74 Å². The number of ether oxygens (including phenoxy) is 2. The highest BCUT2D eigenvalue weighted by Crippen LogP contribution is 2.25. The van der Waals surface area contributed by atoms with Gasteiger partial charge in [0.05, 0.1) is 30.2 Å². The number of rotatable bonds is 7. The predicted octanol–water partition coefficient (Wildman–Crippen LogP) is 2.18. The van der Waals surface area contributed by atoms with Crippen molar-refractivity contribution < 1.29 is 18.7 Å². The van der Waals surface area contributed by atoms with E-state index in [4.69, 9.17) is 9.47 Å². The van der Waals surface area contributed by atoms with Gasteiger partial charge in [0, 0.05) is 50.8 Å². The van der Waals surface area contributed by atoms with Crippen LogP contribution in [0.4, 0.5) is 16.0 Å². The van der Waals surface area contributed by atoms with Gasteiger partial charge in [-0.05, 0) is 26.7 Å². The molecule has 3 aromatic rings. The lowest BCUT2D eigenvalue weighted by Gasteiger charge is -2.37. The van der Waals surface area contributed by atoms with Crippen LogP contribution >= 0.6 is 0 Å². The fourth-order valence-electron chi connectivity index (χ4n) is 4.22. The van der Waals surface area contributed by atoms with E-state index in [1.165, 1.54) is 16.7 Å². The molecule has 5 heterocycles. The quantitative estimate of drug-likeness (QED) is 0.543. The molecule has 0 radical (unpaired) electrons. The van der Waals surface area contributed by atoms with Crippen LogP contribution in [0.2, 0.25) is 0 Å². The molecule has 2 saturated heterocycles. The number of aromatic nitrogens is 4. The first-order valence-corrected chi connectivity index (χ1v) is 11.6. The van der Waals surface area contributed by atoms with Crippen LogP contribution in [0.5, 0.6) is 5.88 Å². The minimum Gasteiger partial charge on any atom is -0.477 e. The van der Waals surface area contributed by atoms with E-state index in [0.29, 0.717) is 30.5 Å². The molecule has 180 valence electrons. The Bertz CT molecular complexity index is 1200. The van der Waals surface area contributed by atoms with E-state index >= 15 is 0 Å². The molecule has 1 unspecified atom stereocenters. The molecule has 2 aliphatic rings. The third-order valence-corrected chi connectivity index (χ3v) is 5.94. The van der Waals surface area contributed by atoms with Crippen molar-refractivity contribution in [3.8, 4) is 5.88 Å². The third-order valence-electron chi connectivity index (χ3n) is 5.94. The number of aryl methyl sites for hydroxylation is 1. The van der Waals surface area contributed by atoms with Gasteiger partial charge in [0.15, 0.2) is 11.5 Å². The Morgan fingerprint density at radius 3 is 2.91 bits per heavy atom. The summed E-state index contributed by atoms with van der Waals surface area (Å²) >= 11 is 0. The van der Waals surface area contributed by atoms with E-state index in [2.05, 4.69) is 30.5 Å². The number of pyridine rings is 1. The molecule has 2 aliphatic heterocycles. The minimum atomic E-state index is -0.526. The number of nitrogens with one attached hydrogen (secondary N) is 2. The predicted molar refractivity (Wildman–Crippen MR) is 124 cm³/mol. The zero-order valence-corrected chi connectivity index (χ0v) is 19.3. The first-order valence-electron chi connectivity index (χ1n) is 11.6. The number of nitrogens with zero attached hydrogens (tertiary/aromatic N) is 5. The molecule has 10 nitrogen and oxygen atoms in total. The summed E-state index contributed by atoms with van der Waals surface area (Å²) in [4.78, 5) is 28.2. The lowest BCUT2D eigenvalue weighted by Crippen LogP contribution is -2.52. The van der Waals surface area contributed by atoms with Crippen LogP contribution in [0, 0.1) is 12.7 Å². The number of fused-ring (bicyclic) bond motifs is 1. The van der Waals surface area contributed by atoms with Crippen molar-refractivity contribution in [2.45, 2.75) is 38.9 Å². The van der Waals surface area contributed by atoms with Gasteiger partial charge >= 0.3 is 0 Å². The number of carbonyl (C=O) groups excluding carboxylic acids is 1. The molecular weight excluding hydrogens is 441 g/mol. The highest BCUT2D eigenvalue weighted by atomic mass is 19.1. The second-order valence-corrected chi connectivity index (χ2v) is 8.59. The zero-order valence-electron chi connectivity index (χ0n) is 19.3. The largest absolute Gasteiger partial charge is 0.477 e. The molecule has 11 heteroatoms. The summed E-state index contributed by atoms with van der Waals surface area (Å²) in [6.45, 7) is 7.22. The standard InChI is InChI=1S/C23H28FN7O3/c1-3-33-22-18(21(32)28-15-7-19(24)20-27-14(2)11-31(20)12-15)10-26-23(29-22)30-6-4-5-16(13-30)34-17-8-25-9-17/h7,10-12,16-17,25H,3-6,8-9,13H2,1-2H3,(H,28,32). The minimum absolute atomic E-state index is 0.125. The Balaban J connectivity index is 1.34. The van der Waals surface area contributed by atoms with Gasteiger partial charge in [-0.3, -0.25) is 4.79 Å². The van der Waals surface area contributed by atoms with Crippen molar-refractivity contribution >= 4 is 23.2 Å².